The molecule has 0 fully saturated rings. The highest BCUT2D eigenvalue weighted by molar-refractivity contribution is 5.85. The van der Waals surface area contributed by atoms with Crippen LogP contribution in [0.4, 0.5) is 0 Å². The second-order valence-corrected chi connectivity index (χ2v) is 5.33. The van der Waals surface area contributed by atoms with E-state index in [0.29, 0.717) is 12.8 Å². The molecule has 6 N–H and O–H groups in total. The molecule has 0 aromatic rings. The first-order valence-corrected chi connectivity index (χ1v) is 7.77. The second kappa shape index (κ2) is 21.6. The Morgan fingerprint density at radius 1 is 0.667 bits per heavy atom. The van der Waals surface area contributed by atoms with Crippen LogP contribution >= 0.6 is 0 Å². The number of aliphatic hydroxyl groups is 3. The second-order valence-electron chi connectivity index (χ2n) is 5.33. The predicted molar refractivity (Wildman–Crippen MR) is 101 cm³/mol. The van der Waals surface area contributed by atoms with Gasteiger partial charge in [0.25, 0.3) is 0 Å². The molecule has 0 aromatic carbocycles. The summed E-state index contributed by atoms with van der Waals surface area (Å²) >= 11 is 0. The van der Waals surface area contributed by atoms with E-state index in [1.54, 1.807) is 0 Å². The van der Waals surface area contributed by atoms with Gasteiger partial charge in [-0.2, -0.15) is 0 Å². The van der Waals surface area contributed by atoms with Crippen molar-refractivity contribution in [3.8, 4) is 0 Å². The first kappa shape index (κ1) is 32.2. The van der Waals surface area contributed by atoms with Crippen molar-refractivity contribution in [2.24, 2.45) is 5.92 Å². The molecule has 0 aliphatic carbocycles. The fraction of sp³-hybridized carbons (Fsp3) is 0.500. The van der Waals surface area contributed by atoms with Crippen LogP contribution < -0.4 is 0 Å². The van der Waals surface area contributed by atoms with Crippen LogP contribution in [0.2, 0.25) is 0 Å². The normalized spacial score (nSPS) is 8.56. The van der Waals surface area contributed by atoms with Gasteiger partial charge in [0.05, 0.1) is 0 Å². The summed E-state index contributed by atoms with van der Waals surface area (Å²) in [7, 11) is 0. The van der Waals surface area contributed by atoms with Crippen molar-refractivity contribution in [1.29, 1.82) is 0 Å². The zero-order chi connectivity index (χ0) is 22.6. The largest absolute Gasteiger partial charge is 0.478 e. The Kier molecular flexibility index (Phi) is 25.7. The topological polar surface area (TPSA) is 173 Å². The molecule has 0 unspecified atom stereocenters. The molecule has 0 rings (SSSR count). The van der Waals surface area contributed by atoms with Crippen molar-refractivity contribution in [2.45, 2.75) is 33.6 Å². The Morgan fingerprint density at radius 2 is 0.852 bits per heavy atom. The lowest BCUT2D eigenvalue weighted by atomic mass is 10.0. The minimum absolute atomic E-state index is 0.0567. The lowest BCUT2D eigenvalue weighted by molar-refractivity contribution is -0.133. The molecule has 0 bridgehead atoms. The third-order valence-electron chi connectivity index (χ3n) is 2.43. The summed E-state index contributed by atoms with van der Waals surface area (Å²) in [4.78, 5) is 28.8. The van der Waals surface area contributed by atoms with Crippen molar-refractivity contribution in [2.75, 3.05) is 19.8 Å². The maximum absolute atomic E-state index is 9.60. The van der Waals surface area contributed by atoms with Gasteiger partial charge >= 0.3 is 17.9 Å². The summed E-state index contributed by atoms with van der Waals surface area (Å²) in [5.41, 5.74) is 0.528. The molecular formula is C18H32O9. The number of aliphatic hydroxyl groups excluding tert-OH is 3. The molecule has 0 spiro atoms. The van der Waals surface area contributed by atoms with E-state index in [9.17, 15) is 14.4 Å². The van der Waals surface area contributed by atoms with Crippen molar-refractivity contribution < 1.29 is 45.0 Å². The van der Waals surface area contributed by atoms with Crippen molar-refractivity contribution in [1.82, 2.24) is 0 Å². The molecule has 9 heteroatoms. The Hall–Kier alpha value is -2.49. The number of hydrogen-bond acceptors (Lipinski definition) is 6. The lowest BCUT2D eigenvalue weighted by Crippen LogP contribution is -2.09. The third-order valence-corrected chi connectivity index (χ3v) is 2.43. The van der Waals surface area contributed by atoms with Crippen molar-refractivity contribution in [3.63, 3.8) is 0 Å². The highest BCUT2D eigenvalue weighted by Crippen LogP contribution is 2.04. The molecule has 0 radical (unpaired) electrons. The van der Waals surface area contributed by atoms with Crippen LogP contribution in [-0.2, 0) is 14.4 Å². The van der Waals surface area contributed by atoms with Gasteiger partial charge in [0.2, 0.25) is 0 Å². The van der Waals surface area contributed by atoms with Crippen LogP contribution in [0.3, 0.4) is 0 Å². The molecule has 9 nitrogen and oxygen atoms in total. The average Bonchev–Trinajstić information content (AvgIpc) is 2.56. The predicted octanol–water partition coefficient (Wildman–Crippen LogP) is 1.30. The van der Waals surface area contributed by atoms with E-state index < -0.39 is 17.9 Å². The Labute approximate surface area is 159 Å². The molecule has 0 saturated heterocycles. The third kappa shape index (κ3) is 35.5. The zero-order valence-corrected chi connectivity index (χ0v) is 16.1. The highest BCUT2D eigenvalue weighted by atomic mass is 16.4. The molecule has 0 heterocycles. The highest BCUT2D eigenvalue weighted by Gasteiger charge is 2.04. The van der Waals surface area contributed by atoms with E-state index in [-0.39, 0.29) is 42.5 Å². The summed E-state index contributed by atoms with van der Waals surface area (Å²) in [6.45, 7) is 14.0. The van der Waals surface area contributed by atoms with E-state index in [0.717, 1.165) is 0 Å². The monoisotopic (exact) mass is 392 g/mol. The Bertz CT molecular complexity index is 382. The van der Waals surface area contributed by atoms with Crippen LogP contribution in [0.5, 0.6) is 0 Å². The minimum Gasteiger partial charge on any atom is -0.478 e. The summed E-state index contributed by atoms with van der Waals surface area (Å²) in [5.74, 6) is -2.74. The summed E-state index contributed by atoms with van der Waals surface area (Å²) in [5, 5.41) is 49.0. The Balaban J connectivity index is -0.000000133. The number of carboxylic acid groups (broad SMARTS) is 3. The number of carbonyl (C=O) groups is 3. The first-order chi connectivity index (χ1) is 12.3. The van der Waals surface area contributed by atoms with Gasteiger partial charge in [-0.1, -0.05) is 19.7 Å². The van der Waals surface area contributed by atoms with Gasteiger partial charge in [-0.25, -0.2) is 14.4 Å². The van der Waals surface area contributed by atoms with E-state index in [1.165, 1.54) is 20.8 Å². The van der Waals surface area contributed by atoms with Crippen LogP contribution in [0.15, 0.2) is 36.5 Å². The quantitative estimate of drug-likeness (QED) is 0.333. The number of hydrogen-bond donors (Lipinski definition) is 6. The van der Waals surface area contributed by atoms with Crippen molar-refractivity contribution >= 4 is 17.9 Å². The maximum atomic E-state index is 9.60. The molecule has 0 saturated carbocycles. The van der Waals surface area contributed by atoms with Crippen LogP contribution in [0.1, 0.15) is 33.6 Å². The van der Waals surface area contributed by atoms with E-state index in [4.69, 9.17) is 30.6 Å². The summed E-state index contributed by atoms with van der Waals surface area (Å²) in [6.07, 6.45) is 1.16. The van der Waals surface area contributed by atoms with Crippen LogP contribution in [-0.4, -0.2) is 68.4 Å². The summed E-state index contributed by atoms with van der Waals surface area (Å²) in [6, 6.07) is 0. The average molecular weight is 392 g/mol. The molecule has 27 heavy (non-hydrogen) atoms. The minimum atomic E-state index is -0.935. The van der Waals surface area contributed by atoms with Gasteiger partial charge in [0.1, 0.15) is 0 Å². The van der Waals surface area contributed by atoms with Crippen molar-refractivity contribution in [3.05, 3.63) is 36.5 Å². The van der Waals surface area contributed by atoms with Gasteiger partial charge in [-0.15, -0.1) is 0 Å². The van der Waals surface area contributed by atoms with Gasteiger partial charge in [-0.3, -0.25) is 0 Å². The van der Waals surface area contributed by atoms with Crippen LogP contribution in [0.25, 0.3) is 0 Å². The standard InChI is InChI=1S/C6H14O3.3C4H6O2/c7-3-1-6(5-9)2-4-8;3*1-3(2)4(5)6/h6-9H,1-5H2;3*1H2,2H3,(H,5,6). The smallest absolute Gasteiger partial charge is 0.330 e. The fourth-order valence-electron chi connectivity index (χ4n) is 0.692. The first-order valence-electron chi connectivity index (χ1n) is 7.77. The molecule has 0 aliphatic rings. The molecule has 0 aliphatic heterocycles. The SMILES string of the molecule is C=C(C)C(=O)O.C=C(C)C(=O)O.C=C(C)C(=O)O.OCCC(CO)CCO. The van der Waals surface area contributed by atoms with E-state index >= 15 is 0 Å². The lowest BCUT2D eigenvalue weighted by Gasteiger charge is -2.08. The van der Waals surface area contributed by atoms with Gasteiger partial charge < -0.3 is 30.6 Å². The Morgan fingerprint density at radius 3 is 0.926 bits per heavy atom. The van der Waals surface area contributed by atoms with E-state index in [2.05, 4.69) is 19.7 Å². The molecular weight excluding hydrogens is 360 g/mol. The molecule has 0 aromatic heterocycles. The fourth-order valence-corrected chi connectivity index (χ4v) is 0.692. The summed E-state index contributed by atoms with van der Waals surface area (Å²) < 4.78 is 0. The maximum Gasteiger partial charge on any atom is 0.330 e. The van der Waals surface area contributed by atoms with Gasteiger partial charge in [0, 0.05) is 36.5 Å². The molecule has 0 atom stereocenters. The number of rotatable bonds is 8. The number of carboxylic acids is 3. The van der Waals surface area contributed by atoms with E-state index in [1.807, 2.05) is 0 Å². The zero-order valence-electron chi connectivity index (χ0n) is 16.1. The molecule has 0 amide bonds. The van der Waals surface area contributed by atoms with Gasteiger partial charge in [0.15, 0.2) is 0 Å². The van der Waals surface area contributed by atoms with Crippen LogP contribution in [0, 0.1) is 5.92 Å². The number of aliphatic carboxylic acids is 3. The molecule has 158 valence electrons. The van der Waals surface area contributed by atoms with Gasteiger partial charge in [-0.05, 0) is 39.5 Å².